The molecule has 0 aromatic carbocycles. The van der Waals surface area contributed by atoms with Gasteiger partial charge in [0.2, 0.25) is 5.13 Å². The molecular weight excluding hydrogens is 242 g/mol. The second-order valence-electron chi connectivity index (χ2n) is 4.47. The van der Waals surface area contributed by atoms with Crippen molar-refractivity contribution in [1.82, 2.24) is 9.36 Å². The van der Waals surface area contributed by atoms with Crippen LogP contribution in [0.3, 0.4) is 0 Å². The molecule has 0 unspecified atom stereocenters. The van der Waals surface area contributed by atoms with Crippen LogP contribution in [0.25, 0.3) is 0 Å². The standard InChI is InChI=1S/C11H18ClN3S/c1-2-9-13-10(16-15-9)14-11(8-12)6-4-3-5-7-11/h2-8H2,1H3,(H,13,14,15). The van der Waals surface area contributed by atoms with Crippen molar-refractivity contribution in [3.63, 3.8) is 0 Å². The van der Waals surface area contributed by atoms with Gasteiger partial charge in [0, 0.05) is 23.8 Å². The molecule has 1 fully saturated rings. The Morgan fingerprint density at radius 2 is 2.12 bits per heavy atom. The third-order valence-electron chi connectivity index (χ3n) is 3.22. The van der Waals surface area contributed by atoms with Crippen LogP contribution in [-0.4, -0.2) is 20.8 Å². The Labute approximate surface area is 106 Å². The molecule has 0 atom stereocenters. The van der Waals surface area contributed by atoms with Gasteiger partial charge < -0.3 is 5.32 Å². The molecule has 1 aliphatic rings. The molecule has 0 spiro atoms. The Kier molecular flexibility index (Phi) is 4.03. The molecule has 0 amide bonds. The zero-order chi connectivity index (χ0) is 11.4. The number of rotatable bonds is 4. The van der Waals surface area contributed by atoms with E-state index in [1.807, 2.05) is 0 Å². The van der Waals surface area contributed by atoms with Crippen molar-refractivity contribution in [2.45, 2.75) is 51.0 Å². The Morgan fingerprint density at radius 1 is 1.38 bits per heavy atom. The Bertz CT molecular complexity index is 334. The molecule has 2 rings (SSSR count). The van der Waals surface area contributed by atoms with Gasteiger partial charge in [0.1, 0.15) is 5.82 Å². The maximum absolute atomic E-state index is 6.12. The van der Waals surface area contributed by atoms with Crippen LogP contribution >= 0.6 is 23.1 Å². The fourth-order valence-corrected chi connectivity index (χ4v) is 3.30. The van der Waals surface area contributed by atoms with Crippen LogP contribution in [0.15, 0.2) is 0 Å². The van der Waals surface area contributed by atoms with E-state index in [4.69, 9.17) is 11.6 Å². The molecule has 0 saturated heterocycles. The molecule has 1 aliphatic carbocycles. The smallest absolute Gasteiger partial charge is 0.203 e. The zero-order valence-electron chi connectivity index (χ0n) is 9.63. The van der Waals surface area contributed by atoms with Gasteiger partial charge in [-0.3, -0.25) is 0 Å². The number of aryl methyl sites for hydroxylation is 1. The van der Waals surface area contributed by atoms with Crippen LogP contribution in [-0.2, 0) is 6.42 Å². The summed E-state index contributed by atoms with van der Waals surface area (Å²) >= 11 is 7.57. The van der Waals surface area contributed by atoms with Crippen LogP contribution < -0.4 is 5.32 Å². The highest BCUT2D eigenvalue weighted by Gasteiger charge is 2.31. The molecule has 0 aliphatic heterocycles. The number of nitrogens with zero attached hydrogens (tertiary/aromatic N) is 2. The van der Waals surface area contributed by atoms with Gasteiger partial charge in [-0.25, -0.2) is 4.98 Å². The van der Waals surface area contributed by atoms with Crippen molar-refractivity contribution in [3.05, 3.63) is 5.82 Å². The minimum atomic E-state index is 0.0599. The summed E-state index contributed by atoms with van der Waals surface area (Å²) in [6.45, 7) is 2.07. The lowest BCUT2D eigenvalue weighted by Gasteiger charge is -2.36. The molecule has 0 bridgehead atoms. The quantitative estimate of drug-likeness (QED) is 0.842. The van der Waals surface area contributed by atoms with Crippen molar-refractivity contribution in [2.24, 2.45) is 0 Å². The average molecular weight is 260 g/mol. The number of aromatic nitrogens is 2. The lowest BCUT2D eigenvalue weighted by atomic mass is 9.83. The predicted octanol–water partition coefficient (Wildman–Crippen LogP) is 3.45. The van der Waals surface area contributed by atoms with E-state index in [0.29, 0.717) is 5.88 Å². The molecule has 1 aromatic rings. The first-order valence-electron chi connectivity index (χ1n) is 5.95. The van der Waals surface area contributed by atoms with E-state index in [1.165, 1.54) is 30.8 Å². The van der Waals surface area contributed by atoms with Crippen LogP contribution in [0, 0.1) is 0 Å². The normalized spacial score (nSPS) is 19.6. The second-order valence-corrected chi connectivity index (χ2v) is 5.49. The van der Waals surface area contributed by atoms with Gasteiger partial charge in [0.05, 0.1) is 5.54 Å². The Hall–Kier alpha value is -0.350. The van der Waals surface area contributed by atoms with E-state index in [1.54, 1.807) is 0 Å². The van der Waals surface area contributed by atoms with E-state index in [-0.39, 0.29) is 5.54 Å². The second kappa shape index (κ2) is 5.32. The molecular formula is C11H18ClN3S. The van der Waals surface area contributed by atoms with E-state index in [0.717, 1.165) is 30.2 Å². The van der Waals surface area contributed by atoms with Crippen LogP contribution in [0.1, 0.15) is 44.9 Å². The summed E-state index contributed by atoms with van der Waals surface area (Å²) in [7, 11) is 0. The van der Waals surface area contributed by atoms with Gasteiger partial charge in [-0.1, -0.05) is 26.2 Å². The molecule has 1 saturated carbocycles. The highest BCUT2D eigenvalue weighted by atomic mass is 35.5. The lowest BCUT2D eigenvalue weighted by Crippen LogP contribution is -2.42. The molecule has 90 valence electrons. The summed E-state index contributed by atoms with van der Waals surface area (Å²) < 4.78 is 4.29. The van der Waals surface area contributed by atoms with Crippen molar-refractivity contribution >= 4 is 28.3 Å². The minimum absolute atomic E-state index is 0.0599. The number of hydrogen-bond acceptors (Lipinski definition) is 4. The summed E-state index contributed by atoms with van der Waals surface area (Å²) in [6, 6.07) is 0. The zero-order valence-corrected chi connectivity index (χ0v) is 11.2. The minimum Gasteiger partial charge on any atom is -0.354 e. The highest BCUT2D eigenvalue weighted by Crippen LogP contribution is 2.33. The number of halogens is 1. The van der Waals surface area contributed by atoms with Gasteiger partial charge in [0.25, 0.3) is 0 Å². The monoisotopic (exact) mass is 259 g/mol. The maximum Gasteiger partial charge on any atom is 0.203 e. The van der Waals surface area contributed by atoms with Crippen molar-refractivity contribution in [1.29, 1.82) is 0 Å². The average Bonchev–Trinajstić information content (AvgIpc) is 2.78. The predicted molar refractivity (Wildman–Crippen MR) is 69.4 cm³/mol. The van der Waals surface area contributed by atoms with Crippen LogP contribution in [0.5, 0.6) is 0 Å². The number of nitrogens with one attached hydrogen (secondary N) is 1. The first-order valence-corrected chi connectivity index (χ1v) is 7.25. The molecule has 1 aromatic heterocycles. The van der Waals surface area contributed by atoms with Gasteiger partial charge in [-0.05, 0) is 12.8 Å². The number of alkyl halides is 1. The molecule has 16 heavy (non-hydrogen) atoms. The molecule has 1 heterocycles. The van der Waals surface area contributed by atoms with Crippen molar-refractivity contribution < 1.29 is 0 Å². The summed E-state index contributed by atoms with van der Waals surface area (Å²) in [4.78, 5) is 4.45. The van der Waals surface area contributed by atoms with Gasteiger partial charge in [0.15, 0.2) is 0 Å². The van der Waals surface area contributed by atoms with Crippen LogP contribution in [0.2, 0.25) is 0 Å². The van der Waals surface area contributed by atoms with E-state index in [9.17, 15) is 0 Å². The summed E-state index contributed by atoms with van der Waals surface area (Å²) in [5.41, 5.74) is 0.0599. The summed E-state index contributed by atoms with van der Waals surface area (Å²) in [5.74, 6) is 1.58. The van der Waals surface area contributed by atoms with E-state index >= 15 is 0 Å². The third-order valence-corrected chi connectivity index (χ3v) is 4.40. The highest BCUT2D eigenvalue weighted by molar-refractivity contribution is 7.09. The topological polar surface area (TPSA) is 37.8 Å². The Balaban J connectivity index is 2.05. The summed E-state index contributed by atoms with van der Waals surface area (Å²) in [5, 5.41) is 4.44. The largest absolute Gasteiger partial charge is 0.354 e. The van der Waals surface area contributed by atoms with Gasteiger partial charge in [-0.2, -0.15) is 4.37 Å². The molecule has 5 heteroatoms. The number of anilines is 1. The lowest BCUT2D eigenvalue weighted by molar-refractivity contribution is 0.353. The SMILES string of the molecule is CCc1nsc(NC2(CCl)CCCCC2)n1. The summed E-state index contributed by atoms with van der Waals surface area (Å²) in [6.07, 6.45) is 7.05. The van der Waals surface area contributed by atoms with Gasteiger partial charge in [-0.15, -0.1) is 11.6 Å². The van der Waals surface area contributed by atoms with E-state index in [2.05, 4.69) is 21.6 Å². The van der Waals surface area contributed by atoms with Gasteiger partial charge >= 0.3 is 0 Å². The van der Waals surface area contributed by atoms with E-state index < -0.39 is 0 Å². The first-order chi connectivity index (χ1) is 7.78. The fourth-order valence-electron chi connectivity index (χ4n) is 2.20. The maximum atomic E-state index is 6.12. The number of hydrogen-bond donors (Lipinski definition) is 1. The molecule has 3 nitrogen and oxygen atoms in total. The third kappa shape index (κ3) is 2.66. The van der Waals surface area contributed by atoms with Crippen LogP contribution in [0.4, 0.5) is 5.13 Å². The van der Waals surface area contributed by atoms with Crippen molar-refractivity contribution in [3.8, 4) is 0 Å². The Morgan fingerprint density at radius 3 is 2.69 bits per heavy atom. The first kappa shape index (κ1) is 12.1. The fraction of sp³-hybridized carbons (Fsp3) is 0.818. The molecule has 1 N–H and O–H groups in total. The van der Waals surface area contributed by atoms with Crippen molar-refractivity contribution in [2.75, 3.05) is 11.2 Å². The molecule has 0 radical (unpaired) electrons.